The van der Waals surface area contributed by atoms with Crippen LogP contribution in [0, 0.1) is 0 Å². The molecule has 1 fully saturated rings. The summed E-state index contributed by atoms with van der Waals surface area (Å²) in [4.78, 5) is 26.4. The molecule has 0 unspecified atom stereocenters. The predicted molar refractivity (Wildman–Crippen MR) is 89.4 cm³/mol. The van der Waals surface area contributed by atoms with Crippen LogP contribution in [0.5, 0.6) is 11.5 Å². The van der Waals surface area contributed by atoms with Crippen molar-refractivity contribution in [3.63, 3.8) is 0 Å². The van der Waals surface area contributed by atoms with Crippen LogP contribution in [-0.2, 0) is 9.53 Å². The van der Waals surface area contributed by atoms with Gasteiger partial charge in [0.1, 0.15) is 11.5 Å². The second-order valence-electron chi connectivity index (χ2n) is 6.11. The number of esters is 1. The van der Waals surface area contributed by atoms with E-state index in [2.05, 4.69) is 0 Å². The molecule has 0 radical (unpaired) electrons. The van der Waals surface area contributed by atoms with Gasteiger partial charge < -0.3 is 19.1 Å². The Balaban J connectivity index is 2.01. The normalized spacial score (nSPS) is 20.4. The van der Waals surface area contributed by atoms with Gasteiger partial charge in [-0.1, -0.05) is 0 Å². The predicted octanol–water partition coefficient (Wildman–Crippen LogP) is 2.65. The van der Waals surface area contributed by atoms with Gasteiger partial charge in [-0.2, -0.15) is 0 Å². The Kier molecular flexibility index (Phi) is 6.06. The Morgan fingerprint density at radius 1 is 1.04 bits per heavy atom. The zero-order valence-electron chi connectivity index (χ0n) is 14.7. The second kappa shape index (κ2) is 8.04. The van der Waals surface area contributed by atoms with Gasteiger partial charge in [0.15, 0.2) is 6.61 Å². The van der Waals surface area contributed by atoms with Crippen LogP contribution >= 0.6 is 0 Å². The first kappa shape index (κ1) is 18.1. The zero-order chi connectivity index (χ0) is 17.7. The number of likely N-dealkylation sites (tertiary alicyclic amines) is 1. The van der Waals surface area contributed by atoms with Gasteiger partial charge in [-0.3, -0.25) is 4.79 Å². The van der Waals surface area contributed by atoms with Crippen molar-refractivity contribution in [3.8, 4) is 11.5 Å². The van der Waals surface area contributed by atoms with Crippen LogP contribution in [0.1, 0.15) is 43.5 Å². The van der Waals surface area contributed by atoms with Gasteiger partial charge >= 0.3 is 5.97 Å². The average Bonchev–Trinajstić information content (AvgIpc) is 2.58. The first-order chi connectivity index (χ1) is 11.5. The highest BCUT2D eigenvalue weighted by Crippen LogP contribution is 2.24. The average molecular weight is 335 g/mol. The number of carbonyl (C=O) groups excluding carboxylic acids is 2. The lowest BCUT2D eigenvalue weighted by atomic mass is 9.97. The maximum atomic E-state index is 12.4. The summed E-state index contributed by atoms with van der Waals surface area (Å²) in [5.41, 5.74) is 0.291. The standard InChI is InChI=1S/C18H25NO5/c1-12-6-5-7-13(2)19(12)17(20)11-24-18(21)14-8-15(22-3)10-16(9-14)23-4/h8-10,12-13H,5-7,11H2,1-4H3/t12-,13-/m0/s1. The van der Waals surface area contributed by atoms with Crippen LogP contribution < -0.4 is 9.47 Å². The van der Waals surface area contributed by atoms with Crippen LogP contribution in [0.25, 0.3) is 0 Å². The number of piperidine rings is 1. The van der Waals surface area contributed by atoms with Crippen molar-refractivity contribution in [2.75, 3.05) is 20.8 Å². The van der Waals surface area contributed by atoms with Crippen molar-refractivity contribution in [2.45, 2.75) is 45.2 Å². The molecule has 0 N–H and O–H groups in total. The molecule has 1 saturated heterocycles. The fourth-order valence-corrected chi connectivity index (χ4v) is 3.12. The summed E-state index contributed by atoms with van der Waals surface area (Å²) < 4.78 is 15.5. The molecule has 0 saturated carbocycles. The van der Waals surface area contributed by atoms with E-state index in [1.54, 1.807) is 18.2 Å². The summed E-state index contributed by atoms with van der Waals surface area (Å²) in [6, 6.07) is 5.14. The molecule has 0 bridgehead atoms. The minimum Gasteiger partial charge on any atom is -0.497 e. The van der Waals surface area contributed by atoms with Gasteiger partial charge in [0.2, 0.25) is 0 Å². The van der Waals surface area contributed by atoms with E-state index in [9.17, 15) is 9.59 Å². The fraction of sp³-hybridized carbons (Fsp3) is 0.556. The number of methoxy groups -OCH3 is 2. The van der Waals surface area contributed by atoms with Crippen LogP contribution in [0.2, 0.25) is 0 Å². The minimum atomic E-state index is -0.571. The van der Waals surface area contributed by atoms with Crippen molar-refractivity contribution in [3.05, 3.63) is 23.8 Å². The summed E-state index contributed by atoms with van der Waals surface area (Å²) in [7, 11) is 3.01. The van der Waals surface area contributed by atoms with Crippen molar-refractivity contribution in [2.24, 2.45) is 0 Å². The van der Waals surface area contributed by atoms with Crippen LogP contribution in [-0.4, -0.2) is 49.7 Å². The monoisotopic (exact) mass is 335 g/mol. The molecule has 6 nitrogen and oxygen atoms in total. The first-order valence-electron chi connectivity index (χ1n) is 8.17. The summed E-state index contributed by atoms with van der Waals surface area (Å²) in [6.07, 6.45) is 3.09. The minimum absolute atomic E-state index is 0.155. The number of ether oxygens (including phenoxy) is 3. The van der Waals surface area contributed by atoms with Crippen molar-refractivity contribution in [1.82, 2.24) is 4.90 Å². The number of hydrogen-bond acceptors (Lipinski definition) is 5. The van der Waals surface area contributed by atoms with Crippen molar-refractivity contribution in [1.29, 1.82) is 0 Å². The van der Waals surface area contributed by atoms with E-state index >= 15 is 0 Å². The molecular formula is C18H25NO5. The topological polar surface area (TPSA) is 65.1 Å². The molecule has 0 aliphatic carbocycles. The number of hydrogen-bond donors (Lipinski definition) is 0. The highest BCUT2D eigenvalue weighted by molar-refractivity contribution is 5.92. The number of carbonyl (C=O) groups is 2. The van der Waals surface area contributed by atoms with E-state index in [4.69, 9.17) is 14.2 Å². The molecule has 1 aliphatic heterocycles. The SMILES string of the molecule is COc1cc(OC)cc(C(=O)OCC(=O)N2[C@@H](C)CCC[C@@H]2C)c1. The Morgan fingerprint density at radius 3 is 2.08 bits per heavy atom. The molecule has 0 spiro atoms. The van der Waals surface area contributed by atoms with Gasteiger partial charge in [0.25, 0.3) is 5.91 Å². The Morgan fingerprint density at radius 2 is 1.58 bits per heavy atom. The summed E-state index contributed by atoms with van der Waals surface area (Å²) in [5, 5.41) is 0. The van der Waals surface area contributed by atoms with Gasteiger partial charge in [0.05, 0.1) is 19.8 Å². The van der Waals surface area contributed by atoms with E-state index < -0.39 is 5.97 Å². The highest BCUT2D eigenvalue weighted by Gasteiger charge is 2.29. The number of nitrogens with zero attached hydrogens (tertiary/aromatic N) is 1. The zero-order valence-corrected chi connectivity index (χ0v) is 14.7. The smallest absolute Gasteiger partial charge is 0.338 e. The maximum Gasteiger partial charge on any atom is 0.338 e. The van der Waals surface area contributed by atoms with Crippen molar-refractivity contribution < 1.29 is 23.8 Å². The molecule has 1 amide bonds. The highest BCUT2D eigenvalue weighted by atomic mass is 16.5. The summed E-state index contributed by atoms with van der Waals surface area (Å²) in [5.74, 6) is 0.257. The first-order valence-corrected chi connectivity index (χ1v) is 8.17. The number of benzene rings is 1. The molecule has 1 aromatic rings. The molecule has 2 atom stereocenters. The quantitative estimate of drug-likeness (QED) is 0.774. The molecule has 0 aromatic heterocycles. The van der Waals surface area contributed by atoms with Crippen LogP contribution in [0.3, 0.4) is 0 Å². The third-order valence-electron chi connectivity index (χ3n) is 4.40. The Hall–Kier alpha value is -2.24. The molecule has 24 heavy (non-hydrogen) atoms. The lowest BCUT2D eigenvalue weighted by molar-refractivity contribution is -0.140. The Bertz CT molecular complexity index is 569. The summed E-state index contributed by atoms with van der Waals surface area (Å²) in [6.45, 7) is 3.80. The Labute approximate surface area is 142 Å². The molecular weight excluding hydrogens is 310 g/mol. The van der Waals surface area contributed by atoms with Gasteiger partial charge in [0, 0.05) is 18.2 Å². The largest absolute Gasteiger partial charge is 0.497 e. The van der Waals surface area contributed by atoms with Gasteiger partial charge in [-0.05, 0) is 45.2 Å². The molecule has 6 heteroatoms. The fourth-order valence-electron chi connectivity index (χ4n) is 3.12. The van der Waals surface area contributed by atoms with Crippen molar-refractivity contribution >= 4 is 11.9 Å². The molecule has 1 aliphatic rings. The third kappa shape index (κ3) is 4.19. The lowest BCUT2D eigenvalue weighted by Crippen LogP contribution is -2.49. The van der Waals surface area contributed by atoms with Gasteiger partial charge in [-0.25, -0.2) is 4.79 Å². The van der Waals surface area contributed by atoms with E-state index in [0.717, 1.165) is 19.3 Å². The van der Waals surface area contributed by atoms with E-state index in [1.165, 1.54) is 14.2 Å². The van der Waals surface area contributed by atoms with Crippen LogP contribution in [0.15, 0.2) is 18.2 Å². The number of amides is 1. The van der Waals surface area contributed by atoms with E-state index in [-0.39, 0.29) is 24.6 Å². The lowest BCUT2D eigenvalue weighted by Gasteiger charge is -2.38. The maximum absolute atomic E-state index is 12.4. The second-order valence-corrected chi connectivity index (χ2v) is 6.11. The molecule has 1 aromatic carbocycles. The van der Waals surface area contributed by atoms with Gasteiger partial charge in [-0.15, -0.1) is 0 Å². The molecule has 132 valence electrons. The molecule has 2 rings (SSSR count). The van der Waals surface area contributed by atoms with E-state index in [0.29, 0.717) is 17.1 Å². The van der Waals surface area contributed by atoms with Crippen LogP contribution in [0.4, 0.5) is 0 Å². The molecule has 1 heterocycles. The van der Waals surface area contributed by atoms with E-state index in [1.807, 2.05) is 18.7 Å². The summed E-state index contributed by atoms with van der Waals surface area (Å²) >= 11 is 0. The third-order valence-corrected chi connectivity index (χ3v) is 4.40. The number of rotatable bonds is 5.